The molecule has 11 heteroatoms. The molecule has 0 atom stereocenters. The normalized spacial score (nSPS) is 20.4. The molecule has 1 aromatic carbocycles. The van der Waals surface area contributed by atoms with Gasteiger partial charge in [0.2, 0.25) is 11.6 Å². The zero-order valence-electron chi connectivity index (χ0n) is 21.3. The van der Waals surface area contributed by atoms with Gasteiger partial charge in [0.1, 0.15) is 11.2 Å². The Labute approximate surface area is 225 Å². The van der Waals surface area contributed by atoms with Crippen LogP contribution in [0.2, 0.25) is 5.02 Å². The fourth-order valence-electron chi connectivity index (χ4n) is 5.40. The van der Waals surface area contributed by atoms with E-state index in [0.29, 0.717) is 72.1 Å². The minimum Gasteiger partial charge on any atom is -0.388 e. The van der Waals surface area contributed by atoms with Crippen molar-refractivity contribution in [1.82, 2.24) is 19.5 Å². The second kappa shape index (κ2) is 11.2. The number of amides is 1. The number of hydrogen-bond acceptors (Lipinski definition) is 8. The summed E-state index contributed by atoms with van der Waals surface area (Å²) in [5, 5.41) is 8.68. The van der Waals surface area contributed by atoms with Gasteiger partial charge in [0, 0.05) is 36.3 Å². The standard InChI is InChI=1S/C27H31ClN6O4/c1-15-5-7-16(8-6-15)14-34-21-20(18-3-2-4-19(28)13-18)31-25(23(29)38-27(30)36)32-24(21)33-26(34)22(35)17-9-11-37-12-10-17/h2-4,13,15-17,29H,5-12,14H2,1H3,(H2,30,36)/t15-,16-. The minimum atomic E-state index is -1.14. The number of hydrogen-bond donors (Lipinski definition) is 2. The molecule has 0 radical (unpaired) electrons. The summed E-state index contributed by atoms with van der Waals surface area (Å²) in [5.74, 6) is 0.416. The lowest BCUT2D eigenvalue weighted by atomic mass is 9.83. The van der Waals surface area contributed by atoms with Crippen LogP contribution in [-0.4, -0.2) is 50.5 Å². The summed E-state index contributed by atoms with van der Waals surface area (Å²) in [6.07, 6.45) is 4.54. The van der Waals surface area contributed by atoms with Crippen LogP contribution in [0, 0.1) is 23.2 Å². The average Bonchev–Trinajstić information content (AvgIpc) is 3.27. The highest BCUT2D eigenvalue weighted by molar-refractivity contribution is 6.30. The van der Waals surface area contributed by atoms with Crippen molar-refractivity contribution in [1.29, 1.82) is 5.41 Å². The molecule has 1 saturated heterocycles. The Kier molecular flexibility index (Phi) is 7.71. The van der Waals surface area contributed by atoms with E-state index in [1.807, 2.05) is 10.6 Å². The maximum absolute atomic E-state index is 13.8. The smallest absolute Gasteiger partial charge is 0.388 e. The molecule has 1 saturated carbocycles. The van der Waals surface area contributed by atoms with E-state index in [1.165, 1.54) is 0 Å². The quantitative estimate of drug-likeness (QED) is 0.255. The third kappa shape index (κ3) is 5.56. The molecular formula is C27H31ClN6O4. The monoisotopic (exact) mass is 538 g/mol. The molecule has 2 fully saturated rings. The number of benzene rings is 1. The SMILES string of the molecule is C[C@H]1CC[C@H](Cn2c(C(=O)C3CCOCC3)nc3nc(C(=N)OC(N)=O)nc(-c4cccc(Cl)c4)c32)CC1. The predicted molar refractivity (Wildman–Crippen MR) is 142 cm³/mol. The lowest BCUT2D eigenvalue weighted by molar-refractivity contribution is 0.0534. The number of ether oxygens (including phenoxy) is 2. The third-order valence-electron chi connectivity index (χ3n) is 7.50. The lowest BCUT2D eigenvalue weighted by Crippen LogP contribution is -2.27. The van der Waals surface area contributed by atoms with Crippen LogP contribution in [-0.2, 0) is 16.0 Å². The second-order valence-electron chi connectivity index (χ2n) is 10.3. The molecule has 3 N–H and O–H groups in total. The molecule has 38 heavy (non-hydrogen) atoms. The predicted octanol–water partition coefficient (Wildman–Crippen LogP) is 5.00. The van der Waals surface area contributed by atoms with Crippen LogP contribution >= 0.6 is 11.6 Å². The molecule has 0 spiro atoms. The van der Waals surface area contributed by atoms with E-state index in [0.717, 1.165) is 25.7 Å². The lowest BCUT2D eigenvalue weighted by Gasteiger charge is -2.27. The molecule has 1 aliphatic heterocycles. The summed E-state index contributed by atoms with van der Waals surface area (Å²) < 4.78 is 12.2. The highest BCUT2D eigenvalue weighted by atomic mass is 35.5. The highest BCUT2D eigenvalue weighted by Gasteiger charge is 2.31. The van der Waals surface area contributed by atoms with E-state index < -0.39 is 12.0 Å². The zero-order valence-corrected chi connectivity index (χ0v) is 22.0. The van der Waals surface area contributed by atoms with Gasteiger partial charge in [-0.05, 0) is 49.7 Å². The van der Waals surface area contributed by atoms with Crippen LogP contribution < -0.4 is 5.73 Å². The summed E-state index contributed by atoms with van der Waals surface area (Å²) in [5.41, 5.74) is 7.09. The van der Waals surface area contributed by atoms with Crippen LogP contribution in [0.3, 0.4) is 0 Å². The zero-order chi connectivity index (χ0) is 26.8. The number of nitrogens with zero attached hydrogens (tertiary/aromatic N) is 4. The van der Waals surface area contributed by atoms with Gasteiger partial charge in [-0.15, -0.1) is 0 Å². The fourth-order valence-corrected chi connectivity index (χ4v) is 5.59. The molecular weight excluding hydrogens is 508 g/mol. The van der Waals surface area contributed by atoms with Crippen LogP contribution in [0.5, 0.6) is 0 Å². The van der Waals surface area contributed by atoms with Crippen molar-refractivity contribution in [2.45, 2.75) is 52.0 Å². The number of nitrogens with two attached hydrogens (primary N) is 1. The van der Waals surface area contributed by atoms with E-state index in [1.54, 1.807) is 18.2 Å². The van der Waals surface area contributed by atoms with Gasteiger partial charge in [0.15, 0.2) is 11.5 Å². The first-order valence-corrected chi connectivity index (χ1v) is 13.4. The number of halogens is 1. The number of carbonyl (C=O) groups excluding carboxylic acids is 2. The molecule has 1 amide bonds. The van der Waals surface area contributed by atoms with Crippen LogP contribution in [0.4, 0.5) is 4.79 Å². The van der Waals surface area contributed by atoms with Crippen molar-refractivity contribution >= 4 is 40.5 Å². The van der Waals surface area contributed by atoms with Gasteiger partial charge in [-0.2, -0.15) is 0 Å². The Balaban J connectivity index is 1.70. The molecule has 5 rings (SSSR count). The molecule has 200 valence electrons. The highest BCUT2D eigenvalue weighted by Crippen LogP contribution is 2.34. The van der Waals surface area contributed by atoms with Gasteiger partial charge >= 0.3 is 6.09 Å². The Bertz CT molecular complexity index is 1380. The number of primary amides is 1. The molecule has 1 aliphatic carbocycles. The minimum absolute atomic E-state index is 0.0439. The van der Waals surface area contributed by atoms with Crippen molar-refractivity contribution in [2.75, 3.05) is 13.2 Å². The topological polar surface area (TPSA) is 146 Å². The molecule has 10 nitrogen and oxygen atoms in total. The first kappa shape index (κ1) is 26.2. The maximum Gasteiger partial charge on any atom is 0.411 e. The van der Waals surface area contributed by atoms with Gasteiger partial charge in [-0.25, -0.2) is 19.7 Å². The number of Topliss-reactive ketones (excluding diaryl/α,β-unsaturated/α-hetero) is 1. The van der Waals surface area contributed by atoms with E-state index in [4.69, 9.17) is 37.2 Å². The van der Waals surface area contributed by atoms with E-state index in [9.17, 15) is 9.59 Å². The van der Waals surface area contributed by atoms with Crippen molar-refractivity contribution in [3.63, 3.8) is 0 Å². The average molecular weight is 539 g/mol. The maximum atomic E-state index is 13.8. The van der Waals surface area contributed by atoms with Crippen LogP contribution in [0.1, 0.15) is 61.9 Å². The number of ketones is 1. The molecule has 3 aromatic rings. The van der Waals surface area contributed by atoms with Gasteiger partial charge in [-0.3, -0.25) is 10.2 Å². The van der Waals surface area contributed by atoms with Gasteiger partial charge in [0.25, 0.3) is 5.90 Å². The summed E-state index contributed by atoms with van der Waals surface area (Å²) in [7, 11) is 0. The Morgan fingerprint density at radius 1 is 1.13 bits per heavy atom. The summed E-state index contributed by atoms with van der Waals surface area (Å²) in [6, 6.07) is 7.15. The molecule has 2 aromatic heterocycles. The number of fused-ring (bicyclic) bond motifs is 1. The van der Waals surface area contributed by atoms with Crippen LogP contribution in [0.25, 0.3) is 22.4 Å². The molecule has 0 unspecified atom stereocenters. The molecule has 0 bridgehead atoms. The summed E-state index contributed by atoms with van der Waals surface area (Å²) in [6.45, 7) is 3.96. The van der Waals surface area contributed by atoms with E-state index in [2.05, 4.69) is 16.9 Å². The van der Waals surface area contributed by atoms with Gasteiger partial charge in [-0.1, -0.05) is 43.5 Å². The van der Waals surface area contributed by atoms with E-state index in [-0.39, 0.29) is 23.2 Å². The molecule has 2 aliphatic rings. The van der Waals surface area contributed by atoms with E-state index >= 15 is 0 Å². The largest absolute Gasteiger partial charge is 0.411 e. The van der Waals surface area contributed by atoms with Crippen LogP contribution in [0.15, 0.2) is 24.3 Å². The summed E-state index contributed by atoms with van der Waals surface area (Å²) in [4.78, 5) is 38.9. The number of rotatable bonds is 6. The van der Waals surface area contributed by atoms with Crippen molar-refractivity contribution in [2.24, 2.45) is 23.5 Å². The third-order valence-corrected chi connectivity index (χ3v) is 7.73. The van der Waals surface area contributed by atoms with Crippen molar-refractivity contribution in [3.8, 4) is 11.3 Å². The first-order chi connectivity index (χ1) is 18.3. The number of imidazole rings is 1. The fraction of sp³-hybridized carbons (Fsp3) is 0.481. The van der Waals surface area contributed by atoms with Crippen molar-refractivity contribution in [3.05, 3.63) is 40.9 Å². The second-order valence-corrected chi connectivity index (χ2v) is 10.7. The van der Waals surface area contributed by atoms with Crippen molar-refractivity contribution < 1.29 is 19.1 Å². The number of carbonyl (C=O) groups is 2. The number of aromatic nitrogens is 4. The Hall–Kier alpha value is -3.37. The van der Waals surface area contributed by atoms with Gasteiger partial charge < -0.3 is 19.8 Å². The Morgan fingerprint density at radius 2 is 1.87 bits per heavy atom. The first-order valence-electron chi connectivity index (χ1n) is 13.0. The number of nitrogens with one attached hydrogen (secondary N) is 1. The Morgan fingerprint density at radius 3 is 2.55 bits per heavy atom. The summed E-state index contributed by atoms with van der Waals surface area (Å²) >= 11 is 6.32. The van der Waals surface area contributed by atoms with Gasteiger partial charge in [0.05, 0.1) is 0 Å². The molecule has 3 heterocycles.